The summed E-state index contributed by atoms with van der Waals surface area (Å²) in [6, 6.07) is 5.51. The third-order valence-electron chi connectivity index (χ3n) is 2.15. The van der Waals surface area contributed by atoms with Crippen molar-refractivity contribution in [2.24, 2.45) is 0 Å². The van der Waals surface area contributed by atoms with Gasteiger partial charge in [-0.15, -0.1) is 11.6 Å². The number of rotatable bonds is 0. The number of aromatic hydroxyl groups is 1. The summed E-state index contributed by atoms with van der Waals surface area (Å²) in [6.45, 7) is 6.37. The van der Waals surface area contributed by atoms with E-state index in [0.717, 1.165) is 5.56 Å². The van der Waals surface area contributed by atoms with Crippen molar-refractivity contribution < 1.29 is 5.11 Å². The van der Waals surface area contributed by atoms with Gasteiger partial charge in [-0.2, -0.15) is 0 Å². The zero-order chi connectivity index (χ0) is 11.5. The molecule has 0 heterocycles. The Morgan fingerprint density at radius 2 is 2.00 bits per heavy atom. The van der Waals surface area contributed by atoms with Crippen LogP contribution in [0.3, 0.4) is 0 Å². The van der Waals surface area contributed by atoms with Crippen LogP contribution < -0.4 is 0 Å². The molecule has 0 aliphatic heterocycles. The van der Waals surface area contributed by atoms with Crippen LogP contribution in [-0.2, 0) is 5.41 Å². The van der Waals surface area contributed by atoms with E-state index in [1.807, 2.05) is 12.1 Å². The normalized spacial score (nSPS) is 10.7. The molecule has 0 aromatic heterocycles. The van der Waals surface area contributed by atoms with E-state index in [1.165, 1.54) is 0 Å². The van der Waals surface area contributed by atoms with Crippen LogP contribution in [0.4, 0.5) is 0 Å². The largest absolute Gasteiger partial charge is 0.507 e. The molecule has 0 unspecified atom stereocenters. The molecule has 0 spiro atoms. The zero-order valence-corrected chi connectivity index (χ0v) is 10.0. The molecule has 1 nitrogen and oxygen atoms in total. The number of phenols is 1. The van der Waals surface area contributed by atoms with Gasteiger partial charge < -0.3 is 5.11 Å². The van der Waals surface area contributed by atoms with Crippen molar-refractivity contribution >= 4 is 11.6 Å². The highest BCUT2D eigenvalue weighted by atomic mass is 35.5. The minimum Gasteiger partial charge on any atom is -0.507 e. The molecule has 0 saturated carbocycles. The third kappa shape index (κ3) is 3.18. The standard InChI is InChI=1S/C13H15ClO/c1-13(2,3)11-6-7-12(15)10(9-11)5-4-8-14/h6-7,9,15H,8H2,1-3H3. The zero-order valence-electron chi connectivity index (χ0n) is 9.26. The van der Waals surface area contributed by atoms with Gasteiger partial charge in [0.2, 0.25) is 0 Å². The summed E-state index contributed by atoms with van der Waals surface area (Å²) in [5, 5.41) is 9.58. The van der Waals surface area contributed by atoms with Gasteiger partial charge in [-0.1, -0.05) is 38.7 Å². The van der Waals surface area contributed by atoms with E-state index in [2.05, 4.69) is 32.6 Å². The topological polar surface area (TPSA) is 20.2 Å². The van der Waals surface area contributed by atoms with E-state index in [-0.39, 0.29) is 17.0 Å². The number of benzene rings is 1. The van der Waals surface area contributed by atoms with E-state index < -0.39 is 0 Å². The third-order valence-corrected chi connectivity index (χ3v) is 2.29. The Morgan fingerprint density at radius 3 is 2.53 bits per heavy atom. The van der Waals surface area contributed by atoms with Crippen LogP contribution in [0.25, 0.3) is 0 Å². The predicted molar refractivity (Wildman–Crippen MR) is 64.4 cm³/mol. The molecule has 15 heavy (non-hydrogen) atoms. The van der Waals surface area contributed by atoms with Gasteiger partial charge in [-0.25, -0.2) is 0 Å². The Hall–Kier alpha value is -1.13. The Balaban J connectivity index is 3.17. The quantitative estimate of drug-likeness (QED) is 0.528. The molecule has 2 heteroatoms. The van der Waals surface area contributed by atoms with Crippen molar-refractivity contribution in [1.29, 1.82) is 0 Å². The highest BCUT2D eigenvalue weighted by Gasteiger charge is 2.14. The van der Waals surface area contributed by atoms with E-state index in [9.17, 15) is 5.11 Å². The minimum atomic E-state index is 0.0606. The summed E-state index contributed by atoms with van der Waals surface area (Å²) in [4.78, 5) is 0. The average Bonchev–Trinajstić information content (AvgIpc) is 2.15. The first-order valence-corrected chi connectivity index (χ1v) is 5.37. The average molecular weight is 223 g/mol. The van der Waals surface area contributed by atoms with Crippen molar-refractivity contribution in [1.82, 2.24) is 0 Å². The molecule has 1 aromatic carbocycles. The van der Waals surface area contributed by atoms with Crippen LogP contribution in [0.1, 0.15) is 31.9 Å². The van der Waals surface area contributed by atoms with Crippen LogP contribution >= 0.6 is 11.6 Å². The second kappa shape index (κ2) is 4.59. The van der Waals surface area contributed by atoms with Crippen molar-refractivity contribution in [3.8, 4) is 17.6 Å². The van der Waals surface area contributed by atoms with Gasteiger partial charge >= 0.3 is 0 Å². The molecule has 0 aliphatic rings. The van der Waals surface area contributed by atoms with Crippen LogP contribution in [0.2, 0.25) is 0 Å². The molecule has 1 aromatic rings. The lowest BCUT2D eigenvalue weighted by molar-refractivity contribution is 0.472. The molecular weight excluding hydrogens is 208 g/mol. The van der Waals surface area contributed by atoms with Crippen LogP contribution in [0.5, 0.6) is 5.75 Å². The van der Waals surface area contributed by atoms with E-state index in [1.54, 1.807) is 6.07 Å². The fraction of sp³-hybridized carbons (Fsp3) is 0.385. The van der Waals surface area contributed by atoms with Gasteiger partial charge in [-0.05, 0) is 23.1 Å². The Bertz CT molecular complexity index is 405. The first-order chi connectivity index (χ1) is 6.95. The predicted octanol–water partition coefficient (Wildman–Crippen LogP) is 3.28. The SMILES string of the molecule is CC(C)(C)c1ccc(O)c(C#CCCl)c1. The molecule has 0 aliphatic carbocycles. The highest BCUT2D eigenvalue weighted by molar-refractivity contribution is 6.19. The van der Waals surface area contributed by atoms with Crippen molar-refractivity contribution in [2.75, 3.05) is 5.88 Å². The van der Waals surface area contributed by atoms with E-state index in [4.69, 9.17) is 11.6 Å². The molecule has 1 rings (SSSR count). The smallest absolute Gasteiger partial charge is 0.131 e. The number of phenolic OH excluding ortho intramolecular Hbond substituents is 1. The summed E-state index contributed by atoms with van der Waals surface area (Å²) >= 11 is 5.48. The van der Waals surface area contributed by atoms with Crippen LogP contribution in [0, 0.1) is 11.8 Å². The lowest BCUT2D eigenvalue weighted by Gasteiger charge is -2.19. The monoisotopic (exact) mass is 222 g/mol. The molecule has 0 fully saturated rings. The second-order valence-corrected chi connectivity index (χ2v) is 4.68. The maximum absolute atomic E-state index is 9.58. The van der Waals surface area contributed by atoms with Crippen molar-refractivity contribution in [2.45, 2.75) is 26.2 Å². The number of halogens is 1. The van der Waals surface area contributed by atoms with Gasteiger partial charge in [0.15, 0.2) is 0 Å². The number of hydrogen-bond donors (Lipinski definition) is 1. The summed E-state index contributed by atoms with van der Waals surface area (Å²) in [5.41, 5.74) is 1.85. The van der Waals surface area contributed by atoms with Crippen LogP contribution in [0.15, 0.2) is 18.2 Å². The van der Waals surface area contributed by atoms with E-state index >= 15 is 0 Å². The molecule has 0 bridgehead atoms. The van der Waals surface area contributed by atoms with Gasteiger partial charge in [0.1, 0.15) is 5.75 Å². The molecule has 0 atom stereocenters. The fourth-order valence-corrected chi connectivity index (χ4v) is 1.30. The van der Waals surface area contributed by atoms with Crippen molar-refractivity contribution in [3.63, 3.8) is 0 Å². The molecule has 80 valence electrons. The summed E-state index contributed by atoms with van der Waals surface area (Å²) in [7, 11) is 0. The number of hydrogen-bond acceptors (Lipinski definition) is 1. The molecule has 0 amide bonds. The number of alkyl halides is 1. The maximum atomic E-state index is 9.58. The summed E-state index contributed by atoms with van der Waals surface area (Å²) in [6.07, 6.45) is 0. The molecular formula is C13H15ClO. The lowest BCUT2D eigenvalue weighted by Crippen LogP contribution is -2.10. The van der Waals surface area contributed by atoms with Gasteiger partial charge in [0, 0.05) is 0 Å². The molecule has 0 saturated heterocycles. The van der Waals surface area contributed by atoms with Gasteiger partial charge in [0.05, 0.1) is 11.4 Å². The second-order valence-electron chi connectivity index (χ2n) is 4.42. The highest BCUT2D eigenvalue weighted by Crippen LogP contribution is 2.26. The first-order valence-electron chi connectivity index (χ1n) is 4.83. The minimum absolute atomic E-state index is 0.0606. The Morgan fingerprint density at radius 1 is 1.33 bits per heavy atom. The van der Waals surface area contributed by atoms with Crippen LogP contribution in [-0.4, -0.2) is 11.0 Å². The lowest BCUT2D eigenvalue weighted by atomic mass is 9.86. The first kappa shape index (κ1) is 11.9. The van der Waals surface area contributed by atoms with Crippen molar-refractivity contribution in [3.05, 3.63) is 29.3 Å². The fourth-order valence-electron chi connectivity index (χ4n) is 1.23. The Kier molecular flexibility index (Phi) is 3.66. The molecule has 0 radical (unpaired) electrons. The Labute approximate surface area is 96.1 Å². The van der Waals surface area contributed by atoms with E-state index in [0.29, 0.717) is 5.56 Å². The summed E-state index contributed by atoms with van der Waals surface area (Å²) in [5.74, 6) is 6.07. The summed E-state index contributed by atoms with van der Waals surface area (Å²) < 4.78 is 0. The maximum Gasteiger partial charge on any atom is 0.131 e. The van der Waals surface area contributed by atoms with Gasteiger partial charge in [-0.3, -0.25) is 0 Å². The molecule has 1 N–H and O–H groups in total. The van der Waals surface area contributed by atoms with Gasteiger partial charge in [0.25, 0.3) is 0 Å².